The second kappa shape index (κ2) is 7.09. The number of sulfonamides is 1. The van der Waals surface area contributed by atoms with Crippen molar-refractivity contribution in [3.63, 3.8) is 0 Å². The van der Waals surface area contributed by atoms with E-state index < -0.39 is 10.0 Å². The van der Waals surface area contributed by atoms with Gasteiger partial charge in [0.25, 0.3) is 0 Å². The molecule has 0 heterocycles. The molecule has 1 saturated carbocycles. The Morgan fingerprint density at radius 2 is 1.85 bits per heavy atom. The monoisotopic (exact) mass is 338 g/mol. The fraction of sp³-hybridized carbons (Fsp3) is 0.538. The smallest absolute Gasteiger partial charge is 0.240 e. The summed E-state index contributed by atoms with van der Waals surface area (Å²) in [7, 11) is -3.49. The van der Waals surface area contributed by atoms with Crippen LogP contribution in [0, 0.1) is 6.92 Å². The molecule has 0 radical (unpaired) electrons. The quantitative estimate of drug-likeness (QED) is 0.889. The summed E-state index contributed by atoms with van der Waals surface area (Å²) in [5.74, 6) is 0. The zero-order valence-corrected chi connectivity index (χ0v) is 13.7. The van der Waals surface area contributed by atoms with Crippen LogP contribution in [0.3, 0.4) is 0 Å². The lowest BCUT2D eigenvalue weighted by Crippen LogP contribution is -2.40. The number of hydrogen-bond donors (Lipinski definition) is 2. The Morgan fingerprint density at radius 3 is 2.40 bits per heavy atom. The highest BCUT2D eigenvalue weighted by atomic mass is 35.5. The van der Waals surface area contributed by atoms with Gasteiger partial charge < -0.3 is 5.73 Å². The van der Waals surface area contributed by atoms with Crippen LogP contribution < -0.4 is 10.5 Å². The minimum absolute atomic E-state index is 0. The van der Waals surface area contributed by atoms with E-state index in [-0.39, 0.29) is 29.4 Å². The summed E-state index contributed by atoms with van der Waals surface area (Å²) in [4.78, 5) is 0.220. The molecule has 20 heavy (non-hydrogen) atoms. The molecule has 1 fully saturated rings. The first kappa shape index (κ1) is 17.7. The van der Waals surface area contributed by atoms with E-state index in [1.54, 1.807) is 12.1 Å². The number of aryl methyl sites for hydroxylation is 1. The van der Waals surface area contributed by atoms with Crippen LogP contribution in [0.2, 0.25) is 5.02 Å². The molecule has 1 aliphatic rings. The Hall–Kier alpha value is -0.330. The van der Waals surface area contributed by atoms with Crippen LogP contribution in [-0.2, 0) is 10.0 Å². The molecule has 1 aromatic rings. The lowest BCUT2D eigenvalue weighted by molar-refractivity contribution is 0.373. The van der Waals surface area contributed by atoms with E-state index in [2.05, 4.69) is 4.72 Å². The van der Waals surface area contributed by atoms with Gasteiger partial charge in [-0.3, -0.25) is 0 Å². The van der Waals surface area contributed by atoms with Gasteiger partial charge in [-0.15, -0.1) is 12.4 Å². The summed E-state index contributed by atoms with van der Waals surface area (Å²) in [5, 5.41) is 0.466. The van der Waals surface area contributed by atoms with Gasteiger partial charge >= 0.3 is 0 Å². The summed E-state index contributed by atoms with van der Waals surface area (Å²) >= 11 is 5.97. The molecule has 0 unspecified atom stereocenters. The molecule has 0 saturated heterocycles. The molecule has 0 aromatic heterocycles. The molecule has 2 rings (SSSR count). The number of nitrogens with two attached hydrogens (primary N) is 1. The van der Waals surface area contributed by atoms with Gasteiger partial charge in [-0.1, -0.05) is 17.7 Å². The average Bonchev–Trinajstić information content (AvgIpc) is 2.35. The molecule has 1 aliphatic carbocycles. The van der Waals surface area contributed by atoms with E-state index in [9.17, 15) is 8.42 Å². The number of benzene rings is 1. The maximum absolute atomic E-state index is 12.2. The maximum atomic E-state index is 12.2. The zero-order valence-electron chi connectivity index (χ0n) is 11.3. The fourth-order valence-electron chi connectivity index (χ4n) is 2.27. The van der Waals surface area contributed by atoms with Gasteiger partial charge in [0.05, 0.1) is 4.90 Å². The van der Waals surface area contributed by atoms with Crippen LogP contribution in [0.4, 0.5) is 0 Å². The molecule has 4 nitrogen and oxygen atoms in total. The second-order valence-corrected chi connectivity index (χ2v) is 7.27. The highest BCUT2D eigenvalue weighted by Crippen LogP contribution is 2.22. The first-order valence-electron chi connectivity index (χ1n) is 6.42. The lowest BCUT2D eigenvalue weighted by atomic mass is 9.93. The van der Waals surface area contributed by atoms with E-state index in [1.165, 1.54) is 6.07 Å². The standard InChI is InChI=1S/C13H19ClN2O2S.ClH/c1-9-2-7-12(8-13(9)14)19(17,18)16-11-5-3-10(15)4-6-11;/h2,7-8,10-11,16H,3-6,15H2,1H3;1H. The summed E-state index contributed by atoms with van der Waals surface area (Å²) in [6, 6.07) is 4.97. The van der Waals surface area contributed by atoms with Crippen molar-refractivity contribution < 1.29 is 8.42 Å². The first-order chi connectivity index (χ1) is 8.88. The Balaban J connectivity index is 0.00000200. The van der Waals surface area contributed by atoms with Crippen LogP contribution in [0.5, 0.6) is 0 Å². The van der Waals surface area contributed by atoms with Crippen molar-refractivity contribution in [3.8, 4) is 0 Å². The molecule has 3 N–H and O–H groups in total. The van der Waals surface area contributed by atoms with Crippen molar-refractivity contribution in [2.24, 2.45) is 5.73 Å². The molecule has 114 valence electrons. The number of hydrogen-bond acceptors (Lipinski definition) is 3. The fourth-order valence-corrected chi connectivity index (χ4v) is 3.84. The third-order valence-electron chi connectivity index (χ3n) is 3.55. The van der Waals surface area contributed by atoms with Crippen molar-refractivity contribution in [1.82, 2.24) is 4.72 Å². The molecule has 7 heteroatoms. The molecular formula is C13H20Cl2N2O2S. The van der Waals surface area contributed by atoms with Crippen molar-refractivity contribution in [2.75, 3.05) is 0 Å². The minimum atomic E-state index is -3.49. The van der Waals surface area contributed by atoms with Gasteiger partial charge in [-0.05, 0) is 50.3 Å². The van der Waals surface area contributed by atoms with E-state index in [0.717, 1.165) is 31.2 Å². The highest BCUT2D eigenvalue weighted by Gasteiger charge is 2.24. The SMILES string of the molecule is Cc1ccc(S(=O)(=O)NC2CCC(N)CC2)cc1Cl.Cl. The molecule has 0 amide bonds. The summed E-state index contributed by atoms with van der Waals surface area (Å²) in [5.41, 5.74) is 6.68. The summed E-state index contributed by atoms with van der Waals surface area (Å²) in [6.07, 6.45) is 3.31. The van der Waals surface area contributed by atoms with E-state index >= 15 is 0 Å². The zero-order chi connectivity index (χ0) is 14.0. The average molecular weight is 339 g/mol. The van der Waals surface area contributed by atoms with Crippen LogP contribution >= 0.6 is 24.0 Å². The Bertz CT molecular complexity index is 555. The molecule has 0 atom stereocenters. The maximum Gasteiger partial charge on any atom is 0.240 e. The van der Waals surface area contributed by atoms with Gasteiger partial charge in [0.1, 0.15) is 0 Å². The number of halogens is 2. The Morgan fingerprint density at radius 1 is 1.25 bits per heavy atom. The summed E-state index contributed by atoms with van der Waals surface area (Å²) in [6.45, 7) is 1.84. The Labute approximate surface area is 131 Å². The minimum Gasteiger partial charge on any atom is -0.328 e. The van der Waals surface area contributed by atoms with Crippen molar-refractivity contribution in [1.29, 1.82) is 0 Å². The molecule has 1 aromatic carbocycles. The van der Waals surface area contributed by atoms with Gasteiger partial charge in [-0.25, -0.2) is 13.1 Å². The summed E-state index contributed by atoms with van der Waals surface area (Å²) < 4.78 is 27.2. The third-order valence-corrected chi connectivity index (χ3v) is 5.47. The molecular weight excluding hydrogens is 319 g/mol. The molecule has 0 spiro atoms. The van der Waals surface area contributed by atoms with E-state index in [0.29, 0.717) is 5.02 Å². The largest absolute Gasteiger partial charge is 0.328 e. The van der Waals surface area contributed by atoms with Gasteiger partial charge in [0, 0.05) is 17.1 Å². The van der Waals surface area contributed by atoms with Crippen molar-refractivity contribution in [3.05, 3.63) is 28.8 Å². The molecule has 0 bridgehead atoms. The van der Waals surface area contributed by atoms with Crippen molar-refractivity contribution in [2.45, 2.75) is 49.6 Å². The van der Waals surface area contributed by atoms with E-state index in [1.807, 2.05) is 6.92 Å². The number of nitrogens with one attached hydrogen (secondary N) is 1. The van der Waals surface area contributed by atoms with Crippen molar-refractivity contribution >= 4 is 34.0 Å². The Kier molecular flexibility index (Phi) is 6.28. The van der Waals surface area contributed by atoms with Crippen LogP contribution in [0.15, 0.2) is 23.1 Å². The highest BCUT2D eigenvalue weighted by molar-refractivity contribution is 7.89. The second-order valence-electron chi connectivity index (χ2n) is 5.14. The first-order valence-corrected chi connectivity index (χ1v) is 8.28. The van der Waals surface area contributed by atoms with Crippen LogP contribution in [-0.4, -0.2) is 20.5 Å². The predicted octanol–water partition coefficient (Wildman–Crippen LogP) is 2.62. The number of rotatable bonds is 3. The topological polar surface area (TPSA) is 72.2 Å². The van der Waals surface area contributed by atoms with Gasteiger partial charge in [-0.2, -0.15) is 0 Å². The lowest BCUT2D eigenvalue weighted by Gasteiger charge is -2.26. The van der Waals surface area contributed by atoms with Crippen LogP contribution in [0.25, 0.3) is 0 Å². The third kappa shape index (κ3) is 4.33. The van der Waals surface area contributed by atoms with E-state index in [4.69, 9.17) is 17.3 Å². The predicted molar refractivity (Wildman–Crippen MR) is 84.0 cm³/mol. The van der Waals surface area contributed by atoms with Crippen LogP contribution in [0.1, 0.15) is 31.2 Å². The van der Waals surface area contributed by atoms with Gasteiger partial charge in [0.2, 0.25) is 10.0 Å². The van der Waals surface area contributed by atoms with Gasteiger partial charge in [0.15, 0.2) is 0 Å². The molecule has 0 aliphatic heterocycles. The normalized spacial score (nSPS) is 23.1.